The van der Waals surface area contributed by atoms with Crippen LogP contribution in [-0.2, 0) is 26.2 Å². The Hall–Kier alpha value is -2.00. The highest BCUT2D eigenvalue weighted by Gasteiger charge is 2.31. The second-order valence-electron chi connectivity index (χ2n) is 7.51. The SMILES string of the molecule is CCNC(=O)[C@H](C)N(Cc1ccccc1C)C(=O)CN(c1cc(Cl)c(Cl)cc1Cl)S(C)(=O)=O. The molecule has 0 fully saturated rings. The number of aryl methyl sites for hydroxylation is 1. The van der Waals surface area contributed by atoms with Crippen LogP contribution in [0.4, 0.5) is 5.69 Å². The Morgan fingerprint density at radius 1 is 1.06 bits per heavy atom. The zero-order valence-corrected chi connectivity index (χ0v) is 21.8. The van der Waals surface area contributed by atoms with Gasteiger partial charge in [0, 0.05) is 13.1 Å². The summed E-state index contributed by atoms with van der Waals surface area (Å²) in [5.74, 6) is -0.928. The summed E-state index contributed by atoms with van der Waals surface area (Å²) in [6.45, 7) is 5.20. The minimum absolute atomic E-state index is 0.0171. The fourth-order valence-electron chi connectivity index (χ4n) is 3.17. The molecule has 0 saturated carbocycles. The molecule has 1 N–H and O–H groups in total. The van der Waals surface area contributed by atoms with Crippen LogP contribution in [0, 0.1) is 6.92 Å². The van der Waals surface area contributed by atoms with Gasteiger partial charge in [0.1, 0.15) is 12.6 Å². The van der Waals surface area contributed by atoms with E-state index >= 15 is 0 Å². The van der Waals surface area contributed by atoms with E-state index in [0.717, 1.165) is 21.7 Å². The van der Waals surface area contributed by atoms with Gasteiger partial charge in [-0.15, -0.1) is 0 Å². The van der Waals surface area contributed by atoms with E-state index in [-0.39, 0.29) is 33.2 Å². The Labute approximate surface area is 209 Å². The molecular formula is C22H26Cl3N3O4S. The summed E-state index contributed by atoms with van der Waals surface area (Å²) in [5, 5.41) is 2.96. The maximum atomic E-state index is 13.4. The molecule has 0 aliphatic heterocycles. The maximum Gasteiger partial charge on any atom is 0.244 e. The second kappa shape index (κ2) is 11.4. The van der Waals surface area contributed by atoms with Gasteiger partial charge in [-0.25, -0.2) is 8.42 Å². The molecule has 0 aliphatic rings. The molecule has 0 bridgehead atoms. The number of sulfonamides is 1. The second-order valence-corrected chi connectivity index (χ2v) is 10.6. The van der Waals surface area contributed by atoms with E-state index in [9.17, 15) is 18.0 Å². The monoisotopic (exact) mass is 533 g/mol. The van der Waals surface area contributed by atoms with E-state index in [1.807, 2.05) is 31.2 Å². The molecule has 7 nitrogen and oxygen atoms in total. The van der Waals surface area contributed by atoms with E-state index in [2.05, 4.69) is 5.32 Å². The molecule has 11 heteroatoms. The van der Waals surface area contributed by atoms with Crippen molar-refractivity contribution in [1.82, 2.24) is 10.2 Å². The number of carbonyl (C=O) groups excluding carboxylic acids is 2. The number of benzene rings is 2. The minimum Gasteiger partial charge on any atom is -0.355 e. The molecule has 0 radical (unpaired) electrons. The van der Waals surface area contributed by atoms with Crippen LogP contribution in [0.2, 0.25) is 15.1 Å². The van der Waals surface area contributed by atoms with Crippen LogP contribution in [-0.4, -0.2) is 50.5 Å². The predicted octanol–water partition coefficient (Wildman–Crippen LogP) is 4.27. The highest BCUT2D eigenvalue weighted by atomic mass is 35.5. The molecule has 0 heterocycles. The van der Waals surface area contributed by atoms with E-state index in [0.29, 0.717) is 6.54 Å². The summed E-state index contributed by atoms with van der Waals surface area (Å²) in [7, 11) is -3.94. The summed E-state index contributed by atoms with van der Waals surface area (Å²) in [6, 6.07) is 9.21. The molecule has 2 aromatic carbocycles. The van der Waals surface area contributed by atoms with Crippen molar-refractivity contribution in [2.75, 3.05) is 23.7 Å². The topological polar surface area (TPSA) is 86.8 Å². The van der Waals surface area contributed by atoms with Crippen LogP contribution < -0.4 is 9.62 Å². The fourth-order valence-corrected chi connectivity index (χ4v) is 4.72. The van der Waals surface area contributed by atoms with Crippen molar-refractivity contribution in [2.24, 2.45) is 0 Å². The number of likely N-dealkylation sites (N-methyl/N-ethyl adjacent to an activating group) is 1. The Morgan fingerprint density at radius 2 is 1.67 bits per heavy atom. The number of rotatable bonds is 9. The van der Waals surface area contributed by atoms with Gasteiger partial charge in [-0.1, -0.05) is 59.1 Å². The highest BCUT2D eigenvalue weighted by molar-refractivity contribution is 7.92. The Balaban J connectivity index is 2.47. The molecule has 1 atom stereocenters. The summed E-state index contributed by atoms with van der Waals surface area (Å²) >= 11 is 18.3. The van der Waals surface area contributed by atoms with Crippen molar-refractivity contribution >= 4 is 62.3 Å². The lowest BCUT2D eigenvalue weighted by Crippen LogP contribution is -2.51. The van der Waals surface area contributed by atoms with E-state index < -0.39 is 28.5 Å². The largest absolute Gasteiger partial charge is 0.355 e. The molecule has 0 aliphatic carbocycles. The normalized spacial score (nSPS) is 12.2. The van der Waals surface area contributed by atoms with Crippen molar-refractivity contribution in [3.63, 3.8) is 0 Å². The van der Waals surface area contributed by atoms with E-state index in [1.54, 1.807) is 13.8 Å². The number of amides is 2. The van der Waals surface area contributed by atoms with E-state index in [4.69, 9.17) is 34.8 Å². The lowest BCUT2D eigenvalue weighted by molar-refractivity contribution is -0.139. The summed E-state index contributed by atoms with van der Waals surface area (Å²) in [5.41, 5.74) is 1.79. The van der Waals surface area contributed by atoms with Gasteiger partial charge in [0.25, 0.3) is 0 Å². The molecule has 2 rings (SSSR count). The zero-order valence-electron chi connectivity index (χ0n) is 18.7. The fraction of sp³-hybridized carbons (Fsp3) is 0.364. The van der Waals surface area contributed by atoms with Crippen LogP contribution in [0.3, 0.4) is 0 Å². The third-order valence-corrected chi connectivity index (χ3v) is 7.21. The predicted molar refractivity (Wildman–Crippen MR) is 134 cm³/mol. The van der Waals surface area contributed by atoms with Crippen LogP contribution >= 0.6 is 34.8 Å². The Kier molecular flexibility index (Phi) is 9.43. The number of hydrogen-bond donors (Lipinski definition) is 1. The lowest BCUT2D eigenvalue weighted by atomic mass is 10.1. The third kappa shape index (κ3) is 6.99. The quantitative estimate of drug-likeness (QED) is 0.487. The van der Waals surface area contributed by atoms with Gasteiger partial charge in [0.15, 0.2) is 0 Å². The third-order valence-electron chi connectivity index (χ3n) is 5.06. The van der Waals surface area contributed by atoms with Gasteiger partial charge in [-0.2, -0.15) is 0 Å². The molecule has 0 aromatic heterocycles. The van der Waals surface area contributed by atoms with Crippen LogP contribution in [0.15, 0.2) is 36.4 Å². The standard InChI is InChI=1S/C22H26Cl3N3O4S/c1-5-26-22(30)15(3)27(12-16-9-7-6-8-14(16)2)21(29)13-28(33(4,31)32)20-11-18(24)17(23)10-19(20)25/h6-11,15H,5,12-13H2,1-4H3,(H,26,30)/t15-/m0/s1. The molecule has 0 saturated heterocycles. The van der Waals surface area contributed by atoms with E-state index in [1.165, 1.54) is 17.0 Å². The molecule has 0 unspecified atom stereocenters. The van der Waals surface area contributed by atoms with Gasteiger partial charge >= 0.3 is 0 Å². The van der Waals surface area contributed by atoms with Gasteiger partial charge in [-0.05, 0) is 44.0 Å². The lowest BCUT2D eigenvalue weighted by Gasteiger charge is -2.32. The van der Waals surface area contributed by atoms with Crippen molar-refractivity contribution in [1.29, 1.82) is 0 Å². The number of anilines is 1. The first-order valence-electron chi connectivity index (χ1n) is 10.1. The first-order valence-corrected chi connectivity index (χ1v) is 13.1. The summed E-state index contributed by atoms with van der Waals surface area (Å²) in [6.07, 6.45) is 0.956. The number of nitrogens with one attached hydrogen (secondary N) is 1. The molecular weight excluding hydrogens is 509 g/mol. The molecule has 0 spiro atoms. The summed E-state index contributed by atoms with van der Waals surface area (Å²) in [4.78, 5) is 27.3. The highest BCUT2D eigenvalue weighted by Crippen LogP contribution is 2.35. The van der Waals surface area contributed by atoms with Gasteiger partial charge in [-0.3, -0.25) is 13.9 Å². The average molecular weight is 535 g/mol. The Morgan fingerprint density at radius 3 is 2.24 bits per heavy atom. The first-order chi connectivity index (χ1) is 15.4. The van der Waals surface area contributed by atoms with Crippen molar-refractivity contribution in [2.45, 2.75) is 33.4 Å². The molecule has 33 heavy (non-hydrogen) atoms. The molecule has 180 valence electrons. The van der Waals surface area contributed by atoms with Gasteiger partial charge in [0.05, 0.1) is 27.0 Å². The van der Waals surface area contributed by atoms with Crippen LogP contribution in [0.5, 0.6) is 0 Å². The van der Waals surface area contributed by atoms with Gasteiger partial charge in [0.2, 0.25) is 21.8 Å². The van der Waals surface area contributed by atoms with Crippen molar-refractivity contribution in [3.8, 4) is 0 Å². The van der Waals surface area contributed by atoms with Crippen LogP contribution in [0.25, 0.3) is 0 Å². The number of nitrogens with zero attached hydrogens (tertiary/aromatic N) is 2. The number of hydrogen-bond acceptors (Lipinski definition) is 4. The van der Waals surface area contributed by atoms with Gasteiger partial charge < -0.3 is 10.2 Å². The van der Waals surface area contributed by atoms with Crippen molar-refractivity contribution in [3.05, 3.63) is 62.6 Å². The maximum absolute atomic E-state index is 13.4. The smallest absolute Gasteiger partial charge is 0.244 e. The number of carbonyl (C=O) groups is 2. The summed E-state index contributed by atoms with van der Waals surface area (Å²) < 4.78 is 26.1. The first kappa shape index (κ1) is 27.2. The molecule has 2 amide bonds. The number of halogens is 3. The zero-order chi connectivity index (χ0) is 24.9. The molecule has 2 aromatic rings. The van der Waals surface area contributed by atoms with Crippen molar-refractivity contribution < 1.29 is 18.0 Å². The Bertz CT molecular complexity index is 1140. The minimum atomic E-state index is -3.94. The van der Waals surface area contributed by atoms with Crippen LogP contribution in [0.1, 0.15) is 25.0 Å². The average Bonchev–Trinajstić information content (AvgIpc) is 2.73.